The summed E-state index contributed by atoms with van der Waals surface area (Å²) in [5.74, 6) is -1.16. The van der Waals surface area contributed by atoms with Crippen molar-refractivity contribution in [3.05, 3.63) is 135 Å². The van der Waals surface area contributed by atoms with Crippen LogP contribution in [0.25, 0.3) is 5.69 Å². The number of fused-ring (bicyclic) bond motifs is 1. The molecule has 5 rings (SSSR count). The molecule has 9 nitrogen and oxygen atoms in total. The molecule has 10 heteroatoms. The van der Waals surface area contributed by atoms with Crippen LogP contribution in [0.15, 0.2) is 108 Å². The molecule has 2 atom stereocenters. The molecular weight excluding hydrogens is 606 g/mol. The monoisotopic (exact) mass is 641 g/mol. The molecule has 3 aromatic carbocycles. The first-order chi connectivity index (χ1) is 22.2. The van der Waals surface area contributed by atoms with Crippen molar-refractivity contribution in [1.29, 1.82) is 0 Å². The minimum atomic E-state index is -1.91. The number of rotatable bonds is 12. The van der Waals surface area contributed by atoms with Crippen molar-refractivity contribution in [3.8, 4) is 11.4 Å². The van der Waals surface area contributed by atoms with Crippen molar-refractivity contribution in [2.75, 3.05) is 25.2 Å². The number of aromatic nitrogens is 1. The van der Waals surface area contributed by atoms with Crippen LogP contribution in [0.5, 0.6) is 5.75 Å². The van der Waals surface area contributed by atoms with Gasteiger partial charge in [-0.3, -0.25) is 19.0 Å². The number of anilines is 1. The predicted octanol–water partition coefficient (Wildman–Crippen LogP) is 4.84. The van der Waals surface area contributed by atoms with Crippen LogP contribution < -0.4 is 15.2 Å². The van der Waals surface area contributed by atoms with E-state index < -0.39 is 17.4 Å². The number of amides is 2. The summed E-state index contributed by atoms with van der Waals surface area (Å²) >= 11 is 6.33. The van der Waals surface area contributed by atoms with Crippen molar-refractivity contribution in [2.45, 2.75) is 32.0 Å². The molecule has 0 fully saturated rings. The van der Waals surface area contributed by atoms with Gasteiger partial charge in [0.05, 0.1) is 25.9 Å². The quantitative estimate of drug-likeness (QED) is 0.214. The lowest BCUT2D eigenvalue weighted by Crippen LogP contribution is -2.44. The lowest BCUT2D eigenvalue weighted by molar-refractivity contribution is -0.139. The predicted molar refractivity (Wildman–Crippen MR) is 177 cm³/mol. The highest BCUT2D eigenvalue weighted by molar-refractivity contribution is 6.31. The number of carbonyl (C=O) groups is 2. The fourth-order valence-electron chi connectivity index (χ4n) is 5.71. The van der Waals surface area contributed by atoms with E-state index in [4.69, 9.17) is 16.3 Å². The maximum absolute atomic E-state index is 14.0. The van der Waals surface area contributed by atoms with Crippen LogP contribution in [0.3, 0.4) is 0 Å². The molecule has 0 saturated heterocycles. The van der Waals surface area contributed by atoms with Crippen LogP contribution in [-0.4, -0.2) is 51.8 Å². The lowest BCUT2D eigenvalue weighted by atomic mass is 9.83. The highest BCUT2D eigenvalue weighted by atomic mass is 35.5. The number of benzene rings is 3. The zero-order chi connectivity index (χ0) is 32.8. The average Bonchev–Trinajstić information content (AvgIpc) is 3.27. The average molecular weight is 642 g/mol. The topological polar surface area (TPSA) is 112 Å². The minimum Gasteiger partial charge on any atom is -0.491 e. The van der Waals surface area contributed by atoms with Crippen LogP contribution in [0.1, 0.15) is 30.0 Å². The van der Waals surface area contributed by atoms with E-state index in [9.17, 15) is 24.6 Å². The van der Waals surface area contributed by atoms with Crippen molar-refractivity contribution in [2.24, 2.45) is 5.92 Å². The van der Waals surface area contributed by atoms with E-state index in [1.807, 2.05) is 42.5 Å². The second-order valence-electron chi connectivity index (χ2n) is 11.2. The highest BCUT2D eigenvalue weighted by Gasteiger charge is 2.52. The fraction of sp³-hybridized carbons (Fsp3) is 0.250. The van der Waals surface area contributed by atoms with Gasteiger partial charge < -0.3 is 24.7 Å². The van der Waals surface area contributed by atoms with Gasteiger partial charge in [-0.05, 0) is 53.6 Å². The summed E-state index contributed by atoms with van der Waals surface area (Å²) in [7, 11) is 1.44. The molecule has 0 radical (unpaired) electrons. The summed E-state index contributed by atoms with van der Waals surface area (Å²) in [6, 6.07) is 25.1. The van der Waals surface area contributed by atoms with Gasteiger partial charge in [-0.25, -0.2) is 0 Å². The zero-order valence-electron chi connectivity index (χ0n) is 25.7. The third-order valence-electron chi connectivity index (χ3n) is 8.23. The van der Waals surface area contributed by atoms with Gasteiger partial charge in [0.15, 0.2) is 11.4 Å². The van der Waals surface area contributed by atoms with E-state index in [1.54, 1.807) is 72.6 Å². The van der Waals surface area contributed by atoms with E-state index in [0.717, 1.165) is 11.1 Å². The molecule has 4 aromatic rings. The Hall–Kier alpha value is -4.70. The number of aliphatic hydroxyl groups is 2. The molecule has 1 aliphatic rings. The maximum atomic E-state index is 14.0. The fourth-order valence-corrected chi connectivity index (χ4v) is 5.88. The second-order valence-corrected chi connectivity index (χ2v) is 11.6. The maximum Gasteiger partial charge on any atom is 0.297 e. The molecule has 46 heavy (non-hydrogen) atoms. The Labute approximate surface area is 272 Å². The number of halogens is 1. The Bertz CT molecular complexity index is 1790. The van der Waals surface area contributed by atoms with E-state index >= 15 is 0 Å². The van der Waals surface area contributed by atoms with Crippen molar-refractivity contribution in [1.82, 2.24) is 9.47 Å². The molecule has 2 heterocycles. The van der Waals surface area contributed by atoms with E-state index in [1.165, 1.54) is 16.6 Å². The molecule has 0 saturated carbocycles. The molecule has 0 spiro atoms. The lowest BCUT2D eigenvalue weighted by Gasteiger charge is -2.28. The Morgan fingerprint density at radius 1 is 1.02 bits per heavy atom. The Morgan fingerprint density at radius 3 is 2.46 bits per heavy atom. The first kappa shape index (κ1) is 32.7. The number of hydrogen-bond acceptors (Lipinski definition) is 6. The first-order valence-corrected chi connectivity index (χ1v) is 15.3. The first-order valence-electron chi connectivity index (χ1n) is 15.0. The zero-order valence-corrected chi connectivity index (χ0v) is 26.4. The SMILES string of the molecule is COc1cccn(-c2ccc(CN3C(=O)[C@](O)([C@H](C)/C=C/CC(=O)N(CCO)Cc4ccccc4)c4cc(Cl)ccc43)cc2)c1=O. The molecule has 0 aliphatic carbocycles. The number of pyridine rings is 1. The molecule has 0 bridgehead atoms. The summed E-state index contributed by atoms with van der Waals surface area (Å²) in [6.45, 7) is 2.29. The van der Waals surface area contributed by atoms with Gasteiger partial charge >= 0.3 is 0 Å². The largest absolute Gasteiger partial charge is 0.491 e. The molecule has 1 aliphatic heterocycles. The molecule has 2 amide bonds. The van der Waals surface area contributed by atoms with Crippen LogP contribution in [-0.2, 0) is 28.3 Å². The molecule has 0 unspecified atom stereocenters. The highest BCUT2D eigenvalue weighted by Crippen LogP contribution is 2.46. The number of hydrogen-bond donors (Lipinski definition) is 2. The van der Waals surface area contributed by atoms with Gasteiger partial charge in [0.1, 0.15) is 0 Å². The van der Waals surface area contributed by atoms with Gasteiger partial charge in [-0.2, -0.15) is 0 Å². The number of carbonyl (C=O) groups excluding carboxylic acids is 2. The second kappa shape index (κ2) is 14.2. The van der Waals surface area contributed by atoms with Gasteiger partial charge in [0.2, 0.25) is 5.91 Å². The number of nitrogens with zero attached hydrogens (tertiary/aromatic N) is 3. The minimum absolute atomic E-state index is 0.0380. The Morgan fingerprint density at radius 2 is 1.76 bits per heavy atom. The number of methoxy groups -OCH3 is 1. The number of ether oxygens (including phenoxy) is 1. The summed E-state index contributed by atoms with van der Waals surface area (Å²) < 4.78 is 6.62. The van der Waals surface area contributed by atoms with E-state index in [-0.39, 0.29) is 43.3 Å². The molecule has 238 valence electrons. The number of aliphatic hydroxyl groups excluding tert-OH is 1. The van der Waals surface area contributed by atoms with Crippen molar-refractivity contribution < 1.29 is 24.5 Å². The van der Waals surface area contributed by atoms with E-state index in [0.29, 0.717) is 28.5 Å². The third-order valence-corrected chi connectivity index (χ3v) is 8.47. The molecule has 1 aromatic heterocycles. The van der Waals surface area contributed by atoms with E-state index in [2.05, 4.69) is 0 Å². The van der Waals surface area contributed by atoms with Gasteiger partial charge in [-0.15, -0.1) is 0 Å². The molecule has 2 N–H and O–H groups in total. The Kier molecular flexibility index (Phi) is 10.1. The third kappa shape index (κ3) is 6.62. The summed E-state index contributed by atoms with van der Waals surface area (Å²) in [4.78, 5) is 42.8. The van der Waals surface area contributed by atoms with Crippen LogP contribution in [0.4, 0.5) is 5.69 Å². The molecular formula is C36H36ClN3O6. The van der Waals surface area contributed by atoms with Crippen molar-refractivity contribution >= 4 is 29.1 Å². The smallest absolute Gasteiger partial charge is 0.297 e. The summed E-state index contributed by atoms with van der Waals surface area (Å²) in [5.41, 5.74) is 1.10. The van der Waals surface area contributed by atoms with Gasteiger partial charge in [0.25, 0.3) is 11.5 Å². The standard InChI is InChI=1S/C36H36ClN3O6/c1-25(8-6-12-33(42)38(20-21-41)23-26-9-4-3-5-10-26)36(45)30-22-28(37)15-18-31(30)40(35(36)44)24-27-13-16-29(17-14-27)39-19-7-11-32(46-2)34(39)43/h3-11,13-19,22,25,41,45H,12,20-21,23-24H2,1-2H3/b8-6+/t25-,36+/m1/s1. The Balaban J connectivity index is 1.33. The van der Waals surface area contributed by atoms with Crippen LogP contribution in [0.2, 0.25) is 5.02 Å². The summed E-state index contributed by atoms with van der Waals surface area (Å²) in [5, 5.41) is 21.9. The van der Waals surface area contributed by atoms with Gasteiger partial charge in [0, 0.05) is 47.9 Å². The van der Waals surface area contributed by atoms with Crippen molar-refractivity contribution in [3.63, 3.8) is 0 Å². The van der Waals surface area contributed by atoms with Crippen LogP contribution >= 0.6 is 11.6 Å². The summed E-state index contributed by atoms with van der Waals surface area (Å²) in [6.07, 6.45) is 5.01. The normalized spacial score (nSPS) is 16.5. The van der Waals surface area contributed by atoms with Crippen LogP contribution in [0, 0.1) is 5.92 Å². The van der Waals surface area contributed by atoms with Gasteiger partial charge in [-0.1, -0.05) is 73.1 Å².